The van der Waals surface area contributed by atoms with Crippen LogP contribution in [0, 0.1) is 5.92 Å². The number of aromatic nitrogens is 1. The van der Waals surface area contributed by atoms with Crippen LogP contribution >= 0.6 is 0 Å². The van der Waals surface area contributed by atoms with Crippen molar-refractivity contribution in [3.63, 3.8) is 0 Å². The maximum atomic E-state index is 12.2. The van der Waals surface area contributed by atoms with Gasteiger partial charge in [0.25, 0.3) is 0 Å². The number of carbonyl (C=O) groups is 3. The molecule has 2 rings (SSSR count). The highest BCUT2D eigenvalue weighted by molar-refractivity contribution is 5.93. The Morgan fingerprint density at radius 1 is 1.28 bits per heavy atom. The van der Waals surface area contributed by atoms with E-state index in [0.717, 1.165) is 10.9 Å². The number of hydrogen-bond donors (Lipinski definition) is 3. The van der Waals surface area contributed by atoms with Crippen molar-refractivity contribution in [2.24, 2.45) is 5.92 Å². The number of nitrogens with one attached hydrogen (secondary N) is 2. The Labute approximate surface area is 145 Å². The zero-order chi connectivity index (χ0) is 18.6. The second kappa shape index (κ2) is 7.69. The van der Waals surface area contributed by atoms with Gasteiger partial charge in [-0.05, 0) is 23.6 Å². The summed E-state index contributed by atoms with van der Waals surface area (Å²) in [5, 5.41) is 15.2. The van der Waals surface area contributed by atoms with E-state index in [1.165, 1.54) is 4.90 Å². The molecule has 1 aromatic heterocycles. The SMILES string of the molecule is CNC(=O)Cn1ccc2ccc(NC(=O)N(C)CC(C)C(=O)O)cc21. The number of amides is 3. The minimum Gasteiger partial charge on any atom is -0.481 e. The maximum absolute atomic E-state index is 12.2. The molecule has 3 N–H and O–H groups in total. The summed E-state index contributed by atoms with van der Waals surface area (Å²) < 4.78 is 1.79. The first-order valence-electron chi connectivity index (χ1n) is 7.86. The van der Waals surface area contributed by atoms with Gasteiger partial charge in [0.2, 0.25) is 5.91 Å². The fourth-order valence-corrected chi connectivity index (χ4v) is 2.42. The van der Waals surface area contributed by atoms with Crippen molar-refractivity contribution >= 4 is 34.5 Å². The molecule has 25 heavy (non-hydrogen) atoms. The average molecular weight is 346 g/mol. The number of hydrogen-bond acceptors (Lipinski definition) is 3. The van der Waals surface area contributed by atoms with Crippen LogP contribution in [-0.4, -0.2) is 53.1 Å². The van der Waals surface area contributed by atoms with E-state index in [1.807, 2.05) is 18.3 Å². The molecule has 3 amide bonds. The van der Waals surface area contributed by atoms with Crippen molar-refractivity contribution in [3.8, 4) is 0 Å². The Kier molecular flexibility index (Phi) is 5.63. The largest absolute Gasteiger partial charge is 0.481 e. The van der Waals surface area contributed by atoms with Crippen LogP contribution in [0.4, 0.5) is 10.5 Å². The van der Waals surface area contributed by atoms with Gasteiger partial charge < -0.3 is 25.2 Å². The molecule has 1 atom stereocenters. The topological polar surface area (TPSA) is 104 Å². The lowest BCUT2D eigenvalue weighted by molar-refractivity contribution is -0.141. The summed E-state index contributed by atoms with van der Waals surface area (Å²) in [5.41, 5.74) is 1.40. The molecule has 0 radical (unpaired) electrons. The Bertz CT molecular complexity index is 799. The minimum atomic E-state index is -0.951. The summed E-state index contributed by atoms with van der Waals surface area (Å²) >= 11 is 0. The highest BCUT2D eigenvalue weighted by atomic mass is 16.4. The molecule has 0 saturated heterocycles. The monoisotopic (exact) mass is 346 g/mol. The van der Waals surface area contributed by atoms with Crippen molar-refractivity contribution in [1.82, 2.24) is 14.8 Å². The fraction of sp³-hybridized carbons (Fsp3) is 0.353. The standard InChI is InChI=1S/C17H22N4O4/c1-11(16(23)24)9-20(3)17(25)19-13-5-4-12-6-7-21(14(12)8-13)10-15(22)18-2/h4-8,11H,9-10H2,1-3H3,(H,18,22)(H,19,25)(H,23,24). The molecule has 8 heteroatoms. The van der Waals surface area contributed by atoms with Crippen molar-refractivity contribution < 1.29 is 19.5 Å². The minimum absolute atomic E-state index is 0.108. The second-order valence-corrected chi connectivity index (χ2v) is 5.94. The molecule has 134 valence electrons. The third kappa shape index (κ3) is 4.50. The van der Waals surface area contributed by atoms with Crippen LogP contribution in [0.5, 0.6) is 0 Å². The van der Waals surface area contributed by atoms with E-state index in [-0.39, 0.29) is 19.0 Å². The Balaban J connectivity index is 2.12. The lowest BCUT2D eigenvalue weighted by Crippen LogP contribution is -2.36. The molecule has 0 fully saturated rings. The van der Waals surface area contributed by atoms with E-state index in [2.05, 4.69) is 10.6 Å². The highest BCUT2D eigenvalue weighted by Gasteiger charge is 2.17. The molecule has 2 aromatic rings. The molecular weight excluding hydrogens is 324 g/mol. The second-order valence-electron chi connectivity index (χ2n) is 5.94. The normalized spacial score (nSPS) is 11.8. The first kappa shape index (κ1) is 18.3. The van der Waals surface area contributed by atoms with Gasteiger partial charge in [0, 0.05) is 32.5 Å². The molecule has 8 nitrogen and oxygen atoms in total. The molecule has 0 aliphatic heterocycles. The van der Waals surface area contributed by atoms with Gasteiger partial charge in [-0.3, -0.25) is 9.59 Å². The first-order chi connectivity index (χ1) is 11.8. The maximum Gasteiger partial charge on any atom is 0.321 e. The van der Waals surface area contributed by atoms with Crippen molar-refractivity contribution in [1.29, 1.82) is 0 Å². The molecule has 0 aliphatic carbocycles. The van der Waals surface area contributed by atoms with Crippen LogP contribution in [0.15, 0.2) is 30.5 Å². The van der Waals surface area contributed by atoms with Crippen molar-refractivity contribution in [2.75, 3.05) is 26.0 Å². The predicted octanol–water partition coefficient (Wildman–Crippen LogP) is 1.57. The number of rotatable bonds is 6. The smallest absolute Gasteiger partial charge is 0.321 e. The molecule has 1 unspecified atom stereocenters. The summed E-state index contributed by atoms with van der Waals surface area (Å²) in [7, 11) is 3.12. The van der Waals surface area contributed by atoms with Gasteiger partial charge in [0.05, 0.1) is 11.4 Å². The van der Waals surface area contributed by atoms with E-state index >= 15 is 0 Å². The Morgan fingerprint density at radius 2 is 2.00 bits per heavy atom. The predicted molar refractivity (Wildman–Crippen MR) is 94.5 cm³/mol. The molecule has 1 aromatic carbocycles. The van der Waals surface area contributed by atoms with Crippen LogP contribution in [0.2, 0.25) is 0 Å². The van der Waals surface area contributed by atoms with E-state index < -0.39 is 17.9 Å². The van der Waals surface area contributed by atoms with Gasteiger partial charge in [-0.25, -0.2) is 4.79 Å². The van der Waals surface area contributed by atoms with Crippen LogP contribution in [0.25, 0.3) is 10.9 Å². The van der Waals surface area contributed by atoms with Crippen LogP contribution in [-0.2, 0) is 16.1 Å². The molecule has 0 bridgehead atoms. The molecule has 0 spiro atoms. The summed E-state index contributed by atoms with van der Waals surface area (Å²) in [5.74, 6) is -1.72. The molecular formula is C17H22N4O4. The van der Waals surface area contributed by atoms with E-state index in [0.29, 0.717) is 5.69 Å². The fourth-order valence-electron chi connectivity index (χ4n) is 2.42. The van der Waals surface area contributed by atoms with Gasteiger partial charge in [0.1, 0.15) is 6.54 Å². The summed E-state index contributed by atoms with van der Waals surface area (Å²) in [6, 6.07) is 6.90. The molecule has 0 aliphatic rings. The number of likely N-dealkylation sites (N-methyl/N-ethyl adjacent to an activating group) is 1. The third-order valence-corrected chi connectivity index (χ3v) is 3.93. The quantitative estimate of drug-likeness (QED) is 0.738. The lowest BCUT2D eigenvalue weighted by atomic mass is 10.2. The number of nitrogens with zero attached hydrogens (tertiary/aromatic N) is 2. The van der Waals surface area contributed by atoms with Crippen LogP contribution in [0.1, 0.15) is 6.92 Å². The third-order valence-electron chi connectivity index (χ3n) is 3.93. The number of carboxylic acids is 1. The number of carboxylic acid groups (broad SMARTS) is 1. The van der Waals surface area contributed by atoms with Crippen molar-refractivity contribution in [3.05, 3.63) is 30.5 Å². The van der Waals surface area contributed by atoms with Gasteiger partial charge >= 0.3 is 12.0 Å². The summed E-state index contributed by atoms with van der Waals surface area (Å²) in [6.07, 6.45) is 1.81. The van der Waals surface area contributed by atoms with Crippen molar-refractivity contribution in [2.45, 2.75) is 13.5 Å². The van der Waals surface area contributed by atoms with E-state index in [4.69, 9.17) is 5.11 Å². The van der Waals surface area contributed by atoms with E-state index in [9.17, 15) is 14.4 Å². The number of urea groups is 1. The van der Waals surface area contributed by atoms with Gasteiger partial charge in [-0.2, -0.15) is 0 Å². The van der Waals surface area contributed by atoms with Crippen LogP contribution in [0.3, 0.4) is 0 Å². The molecule has 0 saturated carbocycles. The molecule has 1 heterocycles. The summed E-state index contributed by atoms with van der Waals surface area (Å²) in [6.45, 7) is 1.84. The summed E-state index contributed by atoms with van der Waals surface area (Å²) in [4.78, 5) is 36.0. The number of aliphatic carboxylic acids is 1. The zero-order valence-corrected chi connectivity index (χ0v) is 14.4. The average Bonchev–Trinajstić information content (AvgIpc) is 2.96. The number of carbonyl (C=O) groups excluding carboxylic acids is 2. The lowest BCUT2D eigenvalue weighted by Gasteiger charge is -2.20. The Hall–Kier alpha value is -3.03. The van der Waals surface area contributed by atoms with Gasteiger partial charge in [-0.15, -0.1) is 0 Å². The van der Waals surface area contributed by atoms with Gasteiger partial charge in [-0.1, -0.05) is 13.0 Å². The van der Waals surface area contributed by atoms with E-state index in [1.54, 1.807) is 37.7 Å². The van der Waals surface area contributed by atoms with Gasteiger partial charge in [0.15, 0.2) is 0 Å². The number of anilines is 1. The number of fused-ring (bicyclic) bond motifs is 1. The zero-order valence-electron chi connectivity index (χ0n) is 14.4. The highest BCUT2D eigenvalue weighted by Crippen LogP contribution is 2.21. The Morgan fingerprint density at radius 3 is 2.64 bits per heavy atom. The van der Waals surface area contributed by atoms with Crippen LogP contribution < -0.4 is 10.6 Å². The first-order valence-corrected chi connectivity index (χ1v) is 7.86. The number of benzene rings is 1.